The van der Waals surface area contributed by atoms with Gasteiger partial charge in [0.1, 0.15) is 0 Å². The van der Waals surface area contributed by atoms with Gasteiger partial charge in [0.25, 0.3) is 0 Å². The van der Waals surface area contributed by atoms with Crippen LogP contribution >= 0.6 is 12.1 Å². The van der Waals surface area contributed by atoms with Gasteiger partial charge in [-0.05, 0) is 0 Å². The largest absolute Gasteiger partial charge is 0.395 e. The second-order valence-corrected chi connectivity index (χ2v) is 2.61. The van der Waals surface area contributed by atoms with Crippen LogP contribution in [0.2, 0.25) is 0 Å². The van der Waals surface area contributed by atoms with E-state index in [4.69, 9.17) is 5.11 Å². The normalized spacial score (nSPS) is 22.3. The second-order valence-electron chi connectivity index (χ2n) is 1.82. The van der Waals surface area contributed by atoms with Gasteiger partial charge in [0.05, 0.1) is 19.9 Å². The van der Waals surface area contributed by atoms with Crippen molar-refractivity contribution in [1.29, 1.82) is 0 Å². The standard InChI is InChI=1S/C4H11N3OS/c8-2-1-7-3-5-9-6-4-7/h5-6,8H,1-4H2. The highest BCUT2D eigenvalue weighted by atomic mass is 32.2. The molecule has 1 fully saturated rings. The van der Waals surface area contributed by atoms with Crippen LogP contribution < -0.4 is 9.44 Å². The monoisotopic (exact) mass is 149 g/mol. The maximum absolute atomic E-state index is 8.51. The van der Waals surface area contributed by atoms with Gasteiger partial charge in [0.15, 0.2) is 0 Å². The van der Waals surface area contributed by atoms with Gasteiger partial charge in [-0.2, -0.15) is 0 Å². The summed E-state index contributed by atoms with van der Waals surface area (Å²) in [6.07, 6.45) is 0. The van der Waals surface area contributed by atoms with Gasteiger partial charge in [0, 0.05) is 18.7 Å². The summed E-state index contributed by atoms with van der Waals surface area (Å²) in [5, 5.41) is 8.51. The molecular weight excluding hydrogens is 138 g/mol. The Bertz CT molecular complexity index is 73.5. The molecule has 0 aromatic heterocycles. The molecular formula is C4H11N3OS. The molecule has 5 heteroatoms. The van der Waals surface area contributed by atoms with Gasteiger partial charge in [-0.25, -0.2) is 9.44 Å². The first-order valence-electron chi connectivity index (χ1n) is 2.88. The Morgan fingerprint density at radius 3 is 2.67 bits per heavy atom. The molecule has 0 unspecified atom stereocenters. The number of rotatable bonds is 2. The minimum Gasteiger partial charge on any atom is -0.395 e. The SMILES string of the molecule is OCCN1CNSNC1. The van der Waals surface area contributed by atoms with Crippen LogP contribution in [0.3, 0.4) is 0 Å². The van der Waals surface area contributed by atoms with E-state index in [1.54, 1.807) is 0 Å². The van der Waals surface area contributed by atoms with Gasteiger partial charge < -0.3 is 5.11 Å². The Balaban J connectivity index is 2.08. The Morgan fingerprint density at radius 2 is 2.11 bits per heavy atom. The van der Waals surface area contributed by atoms with Crippen LogP contribution in [0.15, 0.2) is 0 Å². The number of nitrogens with one attached hydrogen (secondary N) is 2. The van der Waals surface area contributed by atoms with Crippen molar-refractivity contribution in [2.75, 3.05) is 26.5 Å². The molecule has 1 aliphatic rings. The molecule has 0 amide bonds. The van der Waals surface area contributed by atoms with Crippen LogP contribution in [-0.4, -0.2) is 36.5 Å². The van der Waals surface area contributed by atoms with E-state index in [0.29, 0.717) is 0 Å². The van der Waals surface area contributed by atoms with E-state index in [1.165, 1.54) is 12.1 Å². The van der Waals surface area contributed by atoms with Gasteiger partial charge in [0.2, 0.25) is 0 Å². The first kappa shape index (κ1) is 7.30. The summed E-state index contributed by atoms with van der Waals surface area (Å²) in [6.45, 7) is 2.66. The summed E-state index contributed by atoms with van der Waals surface area (Å²) < 4.78 is 6.08. The summed E-state index contributed by atoms with van der Waals surface area (Å²) in [7, 11) is 0. The molecule has 0 atom stereocenters. The van der Waals surface area contributed by atoms with Crippen molar-refractivity contribution in [2.24, 2.45) is 0 Å². The topological polar surface area (TPSA) is 47.5 Å². The second kappa shape index (κ2) is 4.08. The van der Waals surface area contributed by atoms with E-state index in [2.05, 4.69) is 14.3 Å². The summed E-state index contributed by atoms with van der Waals surface area (Å²) in [5.74, 6) is 0. The van der Waals surface area contributed by atoms with Crippen molar-refractivity contribution >= 4 is 12.1 Å². The molecule has 0 aromatic carbocycles. The van der Waals surface area contributed by atoms with Crippen molar-refractivity contribution in [3.63, 3.8) is 0 Å². The van der Waals surface area contributed by atoms with Crippen molar-refractivity contribution < 1.29 is 5.11 Å². The smallest absolute Gasteiger partial charge is 0.0601 e. The Kier molecular flexibility index (Phi) is 3.31. The third-order valence-corrected chi connectivity index (χ3v) is 1.68. The molecule has 0 radical (unpaired) electrons. The fraction of sp³-hybridized carbons (Fsp3) is 1.00. The highest BCUT2D eigenvalue weighted by Gasteiger charge is 2.06. The predicted molar refractivity (Wildman–Crippen MR) is 37.4 cm³/mol. The van der Waals surface area contributed by atoms with Crippen LogP contribution in [0, 0.1) is 0 Å². The first-order valence-corrected chi connectivity index (χ1v) is 3.70. The maximum Gasteiger partial charge on any atom is 0.0601 e. The predicted octanol–water partition coefficient (Wildman–Crippen LogP) is -1.05. The number of β-amino-alcohol motifs (C(OH)–C–C–N with tert-alkyl or cyclic N) is 1. The zero-order valence-electron chi connectivity index (χ0n) is 5.13. The van der Waals surface area contributed by atoms with Gasteiger partial charge >= 0.3 is 0 Å². The van der Waals surface area contributed by atoms with Crippen molar-refractivity contribution in [3.8, 4) is 0 Å². The lowest BCUT2D eigenvalue weighted by molar-refractivity contribution is 0.189. The van der Waals surface area contributed by atoms with Crippen LogP contribution in [0.25, 0.3) is 0 Å². The number of hydrogen-bond donors (Lipinski definition) is 3. The quantitative estimate of drug-likeness (QED) is 0.437. The van der Waals surface area contributed by atoms with E-state index in [-0.39, 0.29) is 6.61 Å². The van der Waals surface area contributed by atoms with Crippen molar-refractivity contribution in [1.82, 2.24) is 14.3 Å². The minimum atomic E-state index is 0.230. The van der Waals surface area contributed by atoms with E-state index in [0.717, 1.165) is 19.9 Å². The average molecular weight is 149 g/mol. The molecule has 4 nitrogen and oxygen atoms in total. The van der Waals surface area contributed by atoms with Gasteiger partial charge in [-0.15, -0.1) is 0 Å². The lowest BCUT2D eigenvalue weighted by Gasteiger charge is -2.25. The fourth-order valence-corrected chi connectivity index (χ4v) is 1.25. The summed E-state index contributed by atoms with van der Waals surface area (Å²) in [4.78, 5) is 2.08. The van der Waals surface area contributed by atoms with E-state index in [1.807, 2.05) is 0 Å². The zero-order valence-corrected chi connectivity index (χ0v) is 5.95. The van der Waals surface area contributed by atoms with Crippen molar-refractivity contribution in [3.05, 3.63) is 0 Å². The number of nitrogens with zero attached hydrogens (tertiary/aromatic N) is 1. The molecule has 1 rings (SSSR count). The number of aliphatic hydroxyl groups excluding tert-OH is 1. The molecule has 0 aliphatic carbocycles. The minimum absolute atomic E-state index is 0.230. The highest BCUT2D eigenvalue weighted by molar-refractivity contribution is 7.95. The molecule has 0 saturated carbocycles. The number of hydrogen-bond acceptors (Lipinski definition) is 5. The highest BCUT2D eigenvalue weighted by Crippen LogP contribution is 1.95. The average Bonchev–Trinajstić information content (AvgIpc) is 1.91. The molecule has 1 saturated heterocycles. The first-order chi connectivity index (χ1) is 4.43. The molecule has 9 heavy (non-hydrogen) atoms. The summed E-state index contributed by atoms with van der Waals surface area (Å²) in [5.41, 5.74) is 0. The lowest BCUT2D eigenvalue weighted by Crippen LogP contribution is -2.44. The molecule has 0 bridgehead atoms. The lowest BCUT2D eigenvalue weighted by atomic mass is 10.6. The zero-order chi connectivity index (χ0) is 6.53. The molecule has 0 spiro atoms. The molecule has 1 aliphatic heterocycles. The number of aliphatic hydroxyl groups is 1. The van der Waals surface area contributed by atoms with Crippen LogP contribution in [-0.2, 0) is 0 Å². The third-order valence-electron chi connectivity index (χ3n) is 1.14. The maximum atomic E-state index is 8.51. The Hall–Kier alpha value is 0.190. The van der Waals surface area contributed by atoms with E-state index < -0.39 is 0 Å². The van der Waals surface area contributed by atoms with Gasteiger partial charge in [-0.1, -0.05) is 0 Å². The molecule has 54 valence electrons. The van der Waals surface area contributed by atoms with Gasteiger partial charge in [-0.3, -0.25) is 4.90 Å². The molecule has 3 N–H and O–H groups in total. The van der Waals surface area contributed by atoms with E-state index in [9.17, 15) is 0 Å². The van der Waals surface area contributed by atoms with Crippen LogP contribution in [0.4, 0.5) is 0 Å². The van der Waals surface area contributed by atoms with Crippen LogP contribution in [0.5, 0.6) is 0 Å². The molecule has 1 heterocycles. The Morgan fingerprint density at radius 1 is 1.44 bits per heavy atom. The summed E-state index contributed by atoms with van der Waals surface area (Å²) in [6, 6.07) is 0. The fourth-order valence-electron chi connectivity index (χ4n) is 0.654. The van der Waals surface area contributed by atoms with E-state index >= 15 is 0 Å². The summed E-state index contributed by atoms with van der Waals surface area (Å²) >= 11 is 1.50. The Labute approximate surface area is 58.9 Å². The van der Waals surface area contributed by atoms with Crippen molar-refractivity contribution in [2.45, 2.75) is 0 Å². The third kappa shape index (κ3) is 2.51. The van der Waals surface area contributed by atoms with Crippen LogP contribution in [0.1, 0.15) is 0 Å². The molecule has 0 aromatic rings.